The van der Waals surface area contributed by atoms with Crippen molar-refractivity contribution in [2.75, 3.05) is 11.9 Å². The van der Waals surface area contributed by atoms with Crippen LogP contribution in [0.15, 0.2) is 22.3 Å². The summed E-state index contributed by atoms with van der Waals surface area (Å²) in [4.78, 5) is 7.72. The lowest BCUT2D eigenvalue weighted by molar-refractivity contribution is 1.12. The van der Waals surface area contributed by atoms with Crippen LogP contribution in [0.25, 0.3) is 0 Å². The molecule has 0 aromatic carbocycles. The predicted octanol–water partition coefficient (Wildman–Crippen LogP) is 3.06. The lowest BCUT2D eigenvalue weighted by atomic mass is 10.5. The van der Waals surface area contributed by atoms with E-state index in [4.69, 9.17) is 23.2 Å². The zero-order valence-electron chi connectivity index (χ0n) is 6.52. The molecule has 3 nitrogen and oxygen atoms in total. The summed E-state index contributed by atoms with van der Waals surface area (Å²) in [5.74, 6) is 0.599. The highest BCUT2D eigenvalue weighted by Crippen LogP contribution is 2.20. The van der Waals surface area contributed by atoms with Crippen LogP contribution in [0.2, 0.25) is 5.28 Å². The Morgan fingerprint density at radius 1 is 1.69 bits per heavy atom. The second kappa shape index (κ2) is 4.79. The minimum absolute atomic E-state index is 0.186. The Hall–Kier alpha value is -0.320. The van der Waals surface area contributed by atoms with E-state index in [1.54, 1.807) is 6.20 Å². The lowest BCUT2D eigenvalue weighted by Gasteiger charge is -2.05. The molecule has 0 saturated heterocycles. The Labute approximate surface area is 94.3 Å². The number of hydrogen-bond donors (Lipinski definition) is 1. The van der Waals surface area contributed by atoms with Crippen LogP contribution in [0.4, 0.5) is 5.82 Å². The van der Waals surface area contributed by atoms with E-state index in [0.29, 0.717) is 17.4 Å². The first-order valence-corrected chi connectivity index (χ1v) is 4.89. The van der Waals surface area contributed by atoms with Gasteiger partial charge in [0.25, 0.3) is 0 Å². The topological polar surface area (TPSA) is 37.8 Å². The highest BCUT2D eigenvalue weighted by molar-refractivity contribution is 9.10. The number of halogens is 3. The first-order valence-electron chi connectivity index (χ1n) is 3.35. The van der Waals surface area contributed by atoms with Gasteiger partial charge < -0.3 is 5.32 Å². The molecule has 0 aliphatic rings. The van der Waals surface area contributed by atoms with Crippen molar-refractivity contribution in [1.29, 1.82) is 0 Å². The number of hydrogen-bond acceptors (Lipinski definition) is 3. The molecule has 0 saturated carbocycles. The molecule has 6 heteroatoms. The molecule has 1 heterocycles. The molecule has 0 radical (unpaired) electrons. The van der Waals surface area contributed by atoms with E-state index >= 15 is 0 Å². The number of anilines is 1. The van der Waals surface area contributed by atoms with Gasteiger partial charge in [-0.2, -0.15) is 4.98 Å². The predicted molar refractivity (Wildman–Crippen MR) is 58.2 cm³/mol. The van der Waals surface area contributed by atoms with Gasteiger partial charge in [0.15, 0.2) is 0 Å². The fourth-order valence-corrected chi connectivity index (χ4v) is 1.18. The second-order valence-electron chi connectivity index (χ2n) is 2.21. The smallest absolute Gasteiger partial charge is 0.224 e. The second-order valence-corrected chi connectivity index (χ2v) is 3.93. The molecule has 1 rings (SSSR count). The van der Waals surface area contributed by atoms with E-state index in [2.05, 4.69) is 37.8 Å². The zero-order chi connectivity index (χ0) is 9.84. The van der Waals surface area contributed by atoms with Crippen LogP contribution >= 0.6 is 39.1 Å². The van der Waals surface area contributed by atoms with Gasteiger partial charge in [-0.05, 0) is 27.5 Å². The molecule has 0 aliphatic heterocycles. The van der Waals surface area contributed by atoms with Crippen molar-refractivity contribution in [1.82, 2.24) is 9.97 Å². The maximum atomic E-state index is 5.59. The third-order valence-corrected chi connectivity index (χ3v) is 2.06. The van der Waals surface area contributed by atoms with Crippen molar-refractivity contribution in [2.24, 2.45) is 0 Å². The molecule has 13 heavy (non-hydrogen) atoms. The van der Waals surface area contributed by atoms with Crippen LogP contribution in [0.1, 0.15) is 0 Å². The Kier molecular flexibility index (Phi) is 3.96. The van der Waals surface area contributed by atoms with Crippen molar-refractivity contribution in [3.05, 3.63) is 27.6 Å². The molecular formula is C7H6BrCl2N3. The third-order valence-electron chi connectivity index (χ3n) is 1.16. The molecule has 0 fully saturated rings. The average Bonchev–Trinajstić information content (AvgIpc) is 2.06. The Morgan fingerprint density at radius 2 is 2.38 bits per heavy atom. The van der Waals surface area contributed by atoms with Crippen LogP contribution in [-0.4, -0.2) is 16.5 Å². The summed E-state index contributed by atoms with van der Waals surface area (Å²) >= 11 is 14.4. The Balaban J connectivity index is 2.75. The van der Waals surface area contributed by atoms with Gasteiger partial charge in [0.1, 0.15) is 5.82 Å². The minimum Gasteiger partial charge on any atom is -0.364 e. The number of nitrogens with zero attached hydrogens (tertiary/aromatic N) is 2. The summed E-state index contributed by atoms with van der Waals surface area (Å²) in [7, 11) is 0. The van der Waals surface area contributed by atoms with Gasteiger partial charge in [0, 0.05) is 11.2 Å². The maximum Gasteiger partial charge on any atom is 0.224 e. The van der Waals surface area contributed by atoms with Crippen molar-refractivity contribution >= 4 is 44.9 Å². The van der Waals surface area contributed by atoms with E-state index in [9.17, 15) is 0 Å². The molecule has 0 spiro atoms. The van der Waals surface area contributed by atoms with E-state index in [1.807, 2.05) is 0 Å². The summed E-state index contributed by atoms with van der Waals surface area (Å²) in [6.45, 7) is 3.97. The van der Waals surface area contributed by atoms with E-state index in [0.717, 1.165) is 4.47 Å². The summed E-state index contributed by atoms with van der Waals surface area (Å²) in [5.41, 5.74) is 0. The fraction of sp³-hybridized carbons (Fsp3) is 0.143. The molecule has 0 atom stereocenters. The number of rotatable bonds is 3. The van der Waals surface area contributed by atoms with Crippen LogP contribution in [0.5, 0.6) is 0 Å². The van der Waals surface area contributed by atoms with Crippen molar-refractivity contribution in [3.63, 3.8) is 0 Å². The average molecular weight is 283 g/mol. The van der Waals surface area contributed by atoms with Crippen LogP contribution < -0.4 is 5.32 Å². The highest BCUT2D eigenvalue weighted by atomic mass is 79.9. The lowest BCUT2D eigenvalue weighted by Crippen LogP contribution is -2.04. The van der Waals surface area contributed by atoms with Crippen LogP contribution in [-0.2, 0) is 0 Å². The largest absolute Gasteiger partial charge is 0.364 e. The molecule has 0 aliphatic carbocycles. The van der Waals surface area contributed by atoms with Gasteiger partial charge >= 0.3 is 0 Å². The highest BCUT2D eigenvalue weighted by Gasteiger charge is 2.02. The summed E-state index contributed by atoms with van der Waals surface area (Å²) in [6, 6.07) is 0. The van der Waals surface area contributed by atoms with Crippen LogP contribution in [0.3, 0.4) is 0 Å². The van der Waals surface area contributed by atoms with Gasteiger partial charge in [0.05, 0.1) is 11.0 Å². The van der Waals surface area contributed by atoms with Gasteiger partial charge in [-0.3, -0.25) is 0 Å². The first-order chi connectivity index (χ1) is 6.09. The summed E-state index contributed by atoms with van der Waals surface area (Å²) < 4.78 is 0.731. The fourth-order valence-electron chi connectivity index (χ4n) is 0.649. The molecular weight excluding hydrogens is 277 g/mol. The molecule has 0 bridgehead atoms. The van der Waals surface area contributed by atoms with Gasteiger partial charge in [-0.25, -0.2) is 4.98 Å². The standard InChI is InChI=1S/C7H6BrCl2N3/c1-4(9)2-11-6-5(8)3-12-7(10)13-6/h3H,1-2H2,(H,11,12,13). The van der Waals surface area contributed by atoms with Crippen molar-refractivity contribution in [2.45, 2.75) is 0 Å². The van der Waals surface area contributed by atoms with E-state index in [-0.39, 0.29) is 5.28 Å². The van der Waals surface area contributed by atoms with E-state index < -0.39 is 0 Å². The van der Waals surface area contributed by atoms with Crippen molar-refractivity contribution < 1.29 is 0 Å². The molecule has 1 N–H and O–H groups in total. The normalized spacial score (nSPS) is 9.77. The number of aromatic nitrogens is 2. The van der Waals surface area contributed by atoms with E-state index in [1.165, 1.54) is 0 Å². The van der Waals surface area contributed by atoms with Gasteiger partial charge in [-0.15, -0.1) is 0 Å². The monoisotopic (exact) mass is 281 g/mol. The maximum absolute atomic E-state index is 5.59. The van der Waals surface area contributed by atoms with Gasteiger partial charge in [-0.1, -0.05) is 18.2 Å². The Bertz CT molecular complexity index is 330. The van der Waals surface area contributed by atoms with Crippen molar-refractivity contribution in [3.8, 4) is 0 Å². The SMILES string of the molecule is C=C(Cl)CNc1nc(Cl)ncc1Br. The molecule has 1 aromatic heterocycles. The third kappa shape index (κ3) is 3.50. The number of nitrogens with one attached hydrogen (secondary N) is 1. The minimum atomic E-state index is 0.186. The molecule has 70 valence electrons. The summed E-state index contributed by atoms with van der Waals surface area (Å²) in [5, 5.41) is 3.63. The zero-order valence-corrected chi connectivity index (χ0v) is 9.62. The molecule has 1 aromatic rings. The van der Waals surface area contributed by atoms with Crippen LogP contribution in [0, 0.1) is 0 Å². The first kappa shape index (κ1) is 10.8. The quantitative estimate of drug-likeness (QED) is 0.866. The molecule has 0 amide bonds. The molecule has 0 unspecified atom stereocenters. The summed E-state index contributed by atoms with van der Waals surface area (Å²) in [6.07, 6.45) is 1.56. The Morgan fingerprint density at radius 3 is 3.00 bits per heavy atom. The van der Waals surface area contributed by atoms with Gasteiger partial charge in [0.2, 0.25) is 5.28 Å².